The summed E-state index contributed by atoms with van der Waals surface area (Å²) in [6.07, 6.45) is 0. The molecule has 1 heterocycles. The van der Waals surface area contributed by atoms with E-state index in [4.69, 9.17) is 9.47 Å². The number of rotatable bonds is 7. The molecule has 0 bridgehead atoms. The van der Waals surface area contributed by atoms with E-state index in [1.807, 2.05) is 43.3 Å². The third-order valence-corrected chi connectivity index (χ3v) is 5.11. The Morgan fingerprint density at radius 3 is 2.85 bits per heavy atom. The van der Waals surface area contributed by atoms with Gasteiger partial charge in [-0.25, -0.2) is 0 Å². The van der Waals surface area contributed by atoms with E-state index in [2.05, 4.69) is 5.32 Å². The lowest BCUT2D eigenvalue weighted by atomic mass is 10.2. The normalized spacial score (nSPS) is 13.3. The fraction of sp³-hybridized carbons (Fsp3) is 0.300. The Morgan fingerprint density at radius 2 is 2.04 bits per heavy atom. The van der Waals surface area contributed by atoms with Crippen molar-refractivity contribution >= 4 is 35.0 Å². The first-order valence-corrected chi connectivity index (χ1v) is 9.61. The summed E-state index contributed by atoms with van der Waals surface area (Å²) in [6, 6.07) is 13.2. The zero-order valence-corrected chi connectivity index (χ0v) is 16.2. The van der Waals surface area contributed by atoms with Crippen LogP contribution in [0.4, 0.5) is 11.4 Å². The maximum atomic E-state index is 12.6. The first-order valence-electron chi connectivity index (χ1n) is 8.63. The van der Waals surface area contributed by atoms with Crippen molar-refractivity contribution in [3.05, 3.63) is 48.0 Å². The molecule has 0 atom stereocenters. The summed E-state index contributed by atoms with van der Waals surface area (Å²) in [5.41, 5.74) is 2.38. The first-order chi connectivity index (χ1) is 13.1. The van der Waals surface area contributed by atoms with E-state index in [1.54, 1.807) is 13.2 Å². The zero-order valence-electron chi connectivity index (χ0n) is 15.4. The van der Waals surface area contributed by atoms with Crippen LogP contribution < -0.4 is 15.0 Å². The van der Waals surface area contributed by atoms with Crippen molar-refractivity contribution in [2.24, 2.45) is 0 Å². The molecule has 0 fully saturated rings. The summed E-state index contributed by atoms with van der Waals surface area (Å²) in [4.78, 5) is 27.5. The number of carbonyl (C=O) groups excluding carboxylic acids is 2. The van der Waals surface area contributed by atoms with E-state index in [9.17, 15) is 9.59 Å². The summed E-state index contributed by atoms with van der Waals surface area (Å²) >= 11 is 1.49. The van der Waals surface area contributed by atoms with Crippen molar-refractivity contribution < 1.29 is 19.1 Å². The number of carbonyl (C=O) groups is 2. The van der Waals surface area contributed by atoms with E-state index in [-0.39, 0.29) is 18.4 Å². The maximum Gasteiger partial charge on any atom is 0.244 e. The third kappa shape index (κ3) is 4.81. The molecule has 0 unspecified atom stereocenters. The molecule has 1 N–H and O–H groups in total. The molecule has 3 rings (SSSR count). The number of nitrogens with one attached hydrogen (secondary N) is 1. The Kier molecular flexibility index (Phi) is 6.36. The molecule has 27 heavy (non-hydrogen) atoms. The van der Waals surface area contributed by atoms with Gasteiger partial charge in [-0.05, 0) is 36.8 Å². The van der Waals surface area contributed by atoms with Crippen LogP contribution in [0.15, 0.2) is 47.4 Å². The van der Waals surface area contributed by atoms with Crippen LogP contribution in [0.25, 0.3) is 0 Å². The number of hydrogen-bond donors (Lipinski definition) is 1. The van der Waals surface area contributed by atoms with Crippen molar-refractivity contribution in [3.8, 4) is 5.75 Å². The van der Waals surface area contributed by atoms with E-state index >= 15 is 0 Å². The Hall–Kier alpha value is -2.51. The van der Waals surface area contributed by atoms with Gasteiger partial charge in [0.2, 0.25) is 11.8 Å². The van der Waals surface area contributed by atoms with Crippen molar-refractivity contribution in [2.75, 3.05) is 42.8 Å². The Bertz CT molecular complexity index is 840. The van der Waals surface area contributed by atoms with Gasteiger partial charge in [0.25, 0.3) is 0 Å². The van der Waals surface area contributed by atoms with Gasteiger partial charge < -0.3 is 19.7 Å². The lowest BCUT2D eigenvalue weighted by Gasteiger charge is -2.28. The number of aryl methyl sites for hydroxylation is 1. The number of ether oxygens (including phenoxy) is 2. The molecule has 2 aromatic carbocycles. The minimum Gasteiger partial charge on any atom is -0.489 e. The molecule has 1 aliphatic rings. The lowest BCUT2D eigenvalue weighted by Crippen LogP contribution is -2.41. The molecule has 0 saturated carbocycles. The van der Waals surface area contributed by atoms with Crippen LogP contribution in [0.1, 0.15) is 5.56 Å². The largest absolute Gasteiger partial charge is 0.489 e. The molecule has 0 aromatic heterocycles. The van der Waals surface area contributed by atoms with Crippen LogP contribution in [0.2, 0.25) is 0 Å². The molecule has 2 amide bonds. The molecule has 142 valence electrons. The SMILES string of the molecule is COCCOc1cc(C)ccc1NC(=O)CN1C(=O)CSc2ccccc21. The van der Waals surface area contributed by atoms with Gasteiger partial charge in [-0.3, -0.25) is 9.59 Å². The number of fused-ring (bicyclic) bond motifs is 1. The van der Waals surface area contributed by atoms with Gasteiger partial charge in [0.1, 0.15) is 18.9 Å². The number of amides is 2. The molecule has 0 spiro atoms. The highest BCUT2D eigenvalue weighted by molar-refractivity contribution is 8.00. The number of anilines is 2. The average molecular weight is 386 g/mol. The number of nitrogens with zero attached hydrogens (tertiary/aromatic N) is 1. The summed E-state index contributed by atoms with van der Waals surface area (Å²) in [6.45, 7) is 2.76. The predicted molar refractivity (Wildman–Crippen MR) is 107 cm³/mol. The predicted octanol–water partition coefficient (Wildman–Crippen LogP) is 3.10. The van der Waals surface area contributed by atoms with E-state index in [0.29, 0.717) is 30.4 Å². The van der Waals surface area contributed by atoms with Crippen LogP contribution in [0.5, 0.6) is 5.75 Å². The molecule has 7 heteroatoms. The molecule has 0 saturated heterocycles. The highest BCUT2D eigenvalue weighted by Crippen LogP contribution is 2.35. The number of para-hydroxylation sites is 1. The number of thioether (sulfide) groups is 1. The minimum atomic E-state index is -0.273. The van der Waals surface area contributed by atoms with Crippen LogP contribution in [-0.4, -0.2) is 44.4 Å². The summed E-state index contributed by atoms with van der Waals surface area (Å²) < 4.78 is 10.7. The van der Waals surface area contributed by atoms with E-state index in [1.165, 1.54) is 16.7 Å². The summed E-state index contributed by atoms with van der Waals surface area (Å²) in [5, 5.41) is 2.86. The molecule has 0 aliphatic carbocycles. The summed E-state index contributed by atoms with van der Waals surface area (Å²) in [7, 11) is 1.61. The smallest absolute Gasteiger partial charge is 0.244 e. The lowest BCUT2D eigenvalue weighted by molar-refractivity contribution is -0.120. The fourth-order valence-electron chi connectivity index (χ4n) is 2.75. The van der Waals surface area contributed by atoms with E-state index in [0.717, 1.165) is 16.1 Å². The molecule has 6 nitrogen and oxygen atoms in total. The standard InChI is InChI=1S/C20H22N2O4S/c1-14-7-8-15(17(11-14)26-10-9-25-2)21-19(23)12-22-16-5-3-4-6-18(16)27-13-20(22)24/h3-8,11H,9-10,12-13H2,1-2H3,(H,21,23). The van der Waals surface area contributed by atoms with E-state index < -0.39 is 0 Å². The highest BCUT2D eigenvalue weighted by Gasteiger charge is 2.26. The van der Waals surface area contributed by atoms with Crippen LogP contribution in [0, 0.1) is 6.92 Å². The van der Waals surface area contributed by atoms with Crippen molar-refractivity contribution in [1.82, 2.24) is 0 Å². The molecule has 1 aliphatic heterocycles. The fourth-order valence-corrected chi connectivity index (χ4v) is 3.68. The van der Waals surface area contributed by atoms with Gasteiger partial charge in [0, 0.05) is 12.0 Å². The Balaban J connectivity index is 1.72. The number of methoxy groups -OCH3 is 1. The van der Waals surface area contributed by atoms with Crippen molar-refractivity contribution in [2.45, 2.75) is 11.8 Å². The Labute approximate surface area is 162 Å². The van der Waals surface area contributed by atoms with Crippen LogP contribution in [-0.2, 0) is 14.3 Å². The molecular weight excluding hydrogens is 364 g/mol. The minimum absolute atomic E-state index is 0.0399. The molecule has 2 aromatic rings. The second kappa shape index (κ2) is 8.92. The maximum absolute atomic E-state index is 12.6. The van der Waals surface area contributed by atoms with Crippen molar-refractivity contribution in [3.63, 3.8) is 0 Å². The first kappa shape index (κ1) is 19.3. The molecular formula is C20H22N2O4S. The topological polar surface area (TPSA) is 67.9 Å². The molecule has 0 radical (unpaired) electrons. The second-order valence-electron chi connectivity index (χ2n) is 6.13. The van der Waals surface area contributed by atoms with Crippen molar-refractivity contribution in [1.29, 1.82) is 0 Å². The van der Waals surface area contributed by atoms with Gasteiger partial charge in [-0.15, -0.1) is 11.8 Å². The zero-order chi connectivity index (χ0) is 19.2. The van der Waals surface area contributed by atoms with Gasteiger partial charge in [-0.1, -0.05) is 18.2 Å². The van der Waals surface area contributed by atoms with Crippen LogP contribution >= 0.6 is 11.8 Å². The summed E-state index contributed by atoms with van der Waals surface area (Å²) in [5.74, 6) is 0.571. The van der Waals surface area contributed by atoms with Gasteiger partial charge in [0.05, 0.1) is 23.7 Å². The third-order valence-electron chi connectivity index (χ3n) is 4.07. The Morgan fingerprint density at radius 1 is 1.22 bits per heavy atom. The van der Waals surface area contributed by atoms with Gasteiger partial charge in [-0.2, -0.15) is 0 Å². The number of hydrogen-bond acceptors (Lipinski definition) is 5. The second-order valence-corrected chi connectivity index (χ2v) is 7.14. The van der Waals surface area contributed by atoms with Crippen LogP contribution in [0.3, 0.4) is 0 Å². The quantitative estimate of drug-likeness (QED) is 0.741. The van der Waals surface area contributed by atoms with Gasteiger partial charge in [0.15, 0.2) is 0 Å². The number of benzene rings is 2. The van der Waals surface area contributed by atoms with Gasteiger partial charge >= 0.3 is 0 Å². The highest BCUT2D eigenvalue weighted by atomic mass is 32.2. The average Bonchev–Trinajstić information content (AvgIpc) is 2.66. The monoisotopic (exact) mass is 386 g/mol.